The molecule has 0 aliphatic carbocycles. The second kappa shape index (κ2) is 7.15. The van der Waals surface area contributed by atoms with Gasteiger partial charge in [-0.15, -0.1) is 0 Å². The van der Waals surface area contributed by atoms with Crippen LogP contribution in [0.5, 0.6) is 0 Å². The summed E-state index contributed by atoms with van der Waals surface area (Å²) < 4.78 is 28.9. The van der Waals surface area contributed by atoms with Crippen molar-refractivity contribution in [3.8, 4) is 33.5 Å². The van der Waals surface area contributed by atoms with Gasteiger partial charge in [-0.2, -0.15) is 5.10 Å². The van der Waals surface area contributed by atoms with E-state index < -0.39 is 0 Å². The number of fused-ring (bicyclic) bond motifs is 1. The quantitative estimate of drug-likeness (QED) is 0.395. The fourth-order valence-corrected chi connectivity index (χ4v) is 3.68. The summed E-state index contributed by atoms with van der Waals surface area (Å²) in [6, 6.07) is 16.4. The van der Waals surface area contributed by atoms with Crippen molar-refractivity contribution in [3.63, 3.8) is 0 Å². The van der Waals surface area contributed by atoms with E-state index in [1.807, 2.05) is 25.4 Å². The summed E-state index contributed by atoms with van der Waals surface area (Å²) in [5, 5.41) is 5.35. The summed E-state index contributed by atoms with van der Waals surface area (Å²) in [6.45, 7) is 0. The fraction of sp³-hybridized carbons (Fsp3) is 0.0417. The van der Waals surface area contributed by atoms with Crippen LogP contribution < -0.4 is 0 Å². The van der Waals surface area contributed by atoms with E-state index in [9.17, 15) is 8.78 Å². The molecule has 2 aromatic carbocycles. The van der Waals surface area contributed by atoms with Crippen LogP contribution in [0.4, 0.5) is 8.78 Å². The number of halogens is 2. The number of aromatic nitrogens is 4. The predicted molar refractivity (Wildman–Crippen MR) is 113 cm³/mol. The minimum atomic E-state index is -0.318. The van der Waals surface area contributed by atoms with Crippen molar-refractivity contribution in [3.05, 3.63) is 90.9 Å². The minimum Gasteiger partial charge on any atom is -0.273 e. The largest absolute Gasteiger partial charge is 0.273 e. The lowest BCUT2D eigenvalue weighted by Gasteiger charge is -2.16. The predicted octanol–water partition coefficient (Wildman–Crippen LogP) is 5.64. The molecular weight excluding hydrogens is 382 g/mol. The van der Waals surface area contributed by atoms with Crippen LogP contribution in [-0.4, -0.2) is 19.7 Å². The first-order chi connectivity index (χ1) is 14.6. The molecule has 0 amide bonds. The van der Waals surface area contributed by atoms with Gasteiger partial charge in [-0.25, -0.2) is 13.8 Å². The van der Waals surface area contributed by atoms with E-state index in [0.29, 0.717) is 11.3 Å². The monoisotopic (exact) mass is 398 g/mol. The maximum absolute atomic E-state index is 13.7. The third-order valence-electron chi connectivity index (χ3n) is 5.00. The zero-order chi connectivity index (χ0) is 20.7. The van der Waals surface area contributed by atoms with E-state index in [1.54, 1.807) is 41.3 Å². The molecule has 4 nitrogen and oxygen atoms in total. The van der Waals surface area contributed by atoms with E-state index in [4.69, 9.17) is 4.98 Å². The van der Waals surface area contributed by atoms with Crippen LogP contribution in [-0.2, 0) is 7.05 Å². The number of nitrogens with zero attached hydrogens (tertiary/aromatic N) is 4. The highest BCUT2D eigenvalue weighted by Crippen LogP contribution is 2.42. The number of pyridine rings is 2. The van der Waals surface area contributed by atoms with Gasteiger partial charge in [-0.3, -0.25) is 9.67 Å². The smallest absolute Gasteiger partial charge is 0.182 e. The summed E-state index contributed by atoms with van der Waals surface area (Å²) in [5.74, 6) is -0.624. The lowest BCUT2D eigenvalue weighted by Crippen LogP contribution is -1.96. The van der Waals surface area contributed by atoms with Gasteiger partial charge in [0.25, 0.3) is 0 Å². The number of aryl methyl sites for hydroxylation is 1. The first kappa shape index (κ1) is 18.1. The Hall–Kier alpha value is -3.93. The van der Waals surface area contributed by atoms with Gasteiger partial charge in [0.05, 0.1) is 5.69 Å². The maximum Gasteiger partial charge on any atom is 0.182 e. The summed E-state index contributed by atoms with van der Waals surface area (Å²) in [5.41, 5.74) is 5.49. The summed E-state index contributed by atoms with van der Waals surface area (Å²) in [4.78, 5) is 8.96. The van der Waals surface area contributed by atoms with Crippen molar-refractivity contribution in [2.75, 3.05) is 0 Å². The highest BCUT2D eigenvalue weighted by Gasteiger charge is 2.21. The van der Waals surface area contributed by atoms with Crippen LogP contribution in [0.2, 0.25) is 0 Å². The molecule has 0 fully saturated rings. The molecule has 146 valence electrons. The Bertz CT molecular complexity index is 1340. The summed E-state index contributed by atoms with van der Waals surface area (Å²) in [6.07, 6.45) is 5.33. The molecule has 5 rings (SSSR count). The average molecular weight is 398 g/mol. The maximum atomic E-state index is 13.7. The van der Waals surface area contributed by atoms with Crippen molar-refractivity contribution in [2.24, 2.45) is 7.05 Å². The van der Waals surface area contributed by atoms with Crippen molar-refractivity contribution in [2.45, 2.75) is 0 Å². The first-order valence-electron chi connectivity index (χ1n) is 9.40. The molecule has 3 aromatic heterocycles. The van der Waals surface area contributed by atoms with Crippen LogP contribution in [0, 0.1) is 11.6 Å². The van der Waals surface area contributed by atoms with Crippen LogP contribution in [0.25, 0.3) is 44.5 Å². The van der Waals surface area contributed by atoms with E-state index in [-0.39, 0.29) is 11.6 Å². The molecule has 0 aliphatic heterocycles. The van der Waals surface area contributed by atoms with Gasteiger partial charge in [0, 0.05) is 47.7 Å². The zero-order valence-corrected chi connectivity index (χ0v) is 16.1. The topological polar surface area (TPSA) is 43.6 Å². The van der Waals surface area contributed by atoms with E-state index in [1.165, 1.54) is 24.3 Å². The van der Waals surface area contributed by atoms with Gasteiger partial charge in [0.1, 0.15) is 11.6 Å². The van der Waals surface area contributed by atoms with Crippen molar-refractivity contribution >= 4 is 11.0 Å². The Labute approximate surface area is 171 Å². The van der Waals surface area contributed by atoms with E-state index >= 15 is 0 Å². The molecule has 0 spiro atoms. The molecule has 0 saturated carbocycles. The molecule has 0 saturated heterocycles. The lowest BCUT2D eigenvalue weighted by atomic mass is 9.90. The van der Waals surface area contributed by atoms with E-state index in [2.05, 4.69) is 10.1 Å². The molecule has 0 atom stereocenters. The van der Waals surface area contributed by atoms with Gasteiger partial charge in [-0.05, 0) is 59.7 Å². The second-order valence-corrected chi connectivity index (χ2v) is 7.00. The standard InChI is InChI=1S/C24H16F2N4/c1-30-14-20-21(15-2-6-18(25)7-3-15)22(16-10-12-27-13-11-16)23(28-24(20)29-30)17-4-8-19(26)9-5-17/h2-14H,1H3. The summed E-state index contributed by atoms with van der Waals surface area (Å²) in [7, 11) is 1.83. The first-order valence-corrected chi connectivity index (χ1v) is 9.40. The van der Waals surface area contributed by atoms with Gasteiger partial charge in [-0.1, -0.05) is 12.1 Å². The molecule has 0 bridgehead atoms. The summed E-state index contributed by atoms with van der Waals surface area (Å²) >= 11 is 0. The second-order valence-electron chi connectivity index (χ2n) is 7.00. The number of rotatable bonds is 3. The Balaban J connectivity index is 1.94. The SMILES string of the molecule is Cn1cc2c(-c3ccc(F)cc3)c(-c3ccncc3)c(-c3ccc(F)cc3)nc2n1. The molecule has 3 heterocycles. The molecule has 0 radical (unpaired) electrons. The lowest BCUT2D eigenvalue weighted by molar-refractivity contribution is 0.627. The highest BCUT2D eigenvalue weighted by atomic mass is 19.1. The zero-order valence-electron chi connectivity index (χ0n) is 16.1. The average Bonchev–Trinajstić information content (AvgIpc) is 3.14. The third-order valence-corrected chi connectivity index (χ3v) is 5.00. The third kappa shape index (κ3) is 3.12. The molecule has 30 heavy (non-hydrogen) atoms. The van der Waals surface area contributed by atoms with Gasteiger partial charge >= 0.3 is 0 Å². The number of benzene rings is 2. The highest BCUT2D eigenvalue weighted by molar-refractivity contribution is 6.05. The Morgan fingerprint density at radius 1 is 0.700 bits per heavy atom. The Kier molecular flexibility index (Phi) is 4.32. The molecule has 0 unspecified atom stereocenters. The molecule has 0 N–H and O–H groups in total. The van der Waals surface area contributed by atoms with Gasteiger partial charge in [0.15, 0.2) is 5.65 Å². The molecule has 6 heteroatoms. The van der Waals surface area contributed by atoms with Crippen LogP contribution in [0.15, 0.2) is 79.3 Å². The van der Waals surface area contributed by atoms with Crippen molar-refractivity contribution in [1.29, 1.82) is 0 Å². The van der Waals surface area contributed by atoms with Crippen LogP contribution in [0.3, 0.4) is 0 Å². The van der Waals surface area contributed by atoms with Gasteiger partial charge < -0.3 is 0 Å². The Morgan fingerprint density at radius 2 is 1.27 bits per heavy atom. The van der Waals surface area contributed by atoms with Crippen LogP contribution >= 0.6 is 0 Å². The molecule has 0 aliphatic rings. The Morgan fingerprint density at radius 3 is 1.90 bits per heavy atom. The van der Waals surface area contributed by atoms with Crippen molar-refractivity contribution < 1.29 is 8.78 Å². The number of hydrogen-bond acceptors (Lipinski definition) is 3. The van der Waals surface area contributed by atoms with Gasteiger partial charge in [0.2, 0.25) is 0 Å². The number of hydrogen-bond donors (Lipinski definition) is 0. The fourth-order valence-electron chi connectivity index (χ4n) is 3.68. The molecular formula is C24H16F2N4. The molecule has 5 aromatic rings. The van der Waals surface area contributed by atoms with E-state index in [0.717, 1.165) is 33.2 Å². The normalized spacial score (nSPS) is 11.2. The minimum absolute atomic E-state index is 0.306. The van der Waals surface area contributed by atoms with Crippen molar-refractivity contribution in [1.82, 2.24) is 19.7 Å². The van der Waals surface area contributed by atoms with Crippen LogP contribution in [0.1, 0.15) is 0 Å².